The largest absolute Gasteiger partial charge is 0.465 e. The van der Waals surface area contributed by atoms with E-state index in [2.05, 4.69) is 10.1 Å². The Morgan fingerprint density at radius 2 is 1.97 bits per heavy atom. The van der Waals surface area contributed by atoms with E-state index in [4.69, 9.17) is 18.3 Å². The Bertz CT molecular complexity index is 1200. The van der Waals surface area contributed by atoms with Gasteiger partial charge in [0.2, 0.25) is 0 Å². The standard InChI is InChI=1S/C21H19N3O6/c1-12(2)24-19-15(10-22-24)14(9-16(23-19)17-5-4-7-28-17)21(26)30-11-18-13(6-8-29-18)20(25)27-3/h4-10,12H,11H2,1-3H3. The first-order valence-corrected chi connectivity index (χ1v) is 9.23. The molecular weight excluding hydrogens is 390 g/mol. The average Bonchev–Trinajstić information content (AvgIpc) is 3.50. The minimum absolute atomic E-state index is 0.0384. The summed E-state index contributed by atoms with van der Waals surface area (Å²) in [6.45, 7) is 3.71. The highest BCUT2D eigenvalue weighted by atomic mass is 16.5. The summed E-state index contributed by atoms with van der Waals surface area (Å²) in [5.41, 5.74) is 1.51. The van der Waals surface area contributed by atoms with Gasteiger partial charge in [0.1, 0.15) is 11.3 Å². The second kappa shape index (κ2) is 7.86. The summed E-state index contributed by atoms with van der Waals surface area (Å²) in [6, 6.07) is 6.59. The van der Waals surface area contributed by atoms with Crippen LogP contribution in [0.4, 0.5) is 0 Å². The second-order valence-corrected chi connectivity index (χ2v) is 6.78. The third-order valence-corrected chi connectivity index (χ3v) is 4.53. The fraction of sp³-hybridized carbons (Fsp3) is 0.238. The first-order chi connectivity index (χ1) is 14.5. The molecule has 4 rings (SSSR count). The number of carbonyl (C=O) groups excluding carboxylic acids is 2. The zero-order valence-electron chi connectivity index (χ0n) is 16.6. The van der Waals surface area contributed by atoms with E-state index in [1.807, 2.05) is 13.8 Å². The first-order valence-electron chi connectivity index (χ1n) is 9.23. The van der Waals surface area contributed by atoms with E-state index >= 15 is 0 Å². The van der Waals surface area contributed by atoms with Gasteiger partial charge in [-0.2, -0.15) is 5.10 Å². The molecule has 0 saturated carbocycles. The van der Waals surface area contributed by atoms with Gasteiger partial charge in [0.25, 0.3) is 0 Å². The summed E-state index contributed by atoms with van der Waals surface area (Å²) in [5.74, 6) is -0.462. The maximum absolute atomic E-state index is 12.9. The van der Waals surface area contributed by atoms with Gasteiger partial charge in [-0.3, -0.25) is 0 Å². The summed E-state index contributed by atoms with van der Waals surface area (Å²) in [4.78, 5) is 29.3. The van der Waals surface area contributed by atoms with Crippen LogP contribution in [0.25, 0.3) is 22.5 Å². The van der Waals surface area contributed by atoms with Crippen molar-refractivity contribution in [1.82, 2.24) is 14.8 Å². The quantitative estimate of drug-likeness (QED) is 0.439. The van der Waals surface area contributed by atoms with E-state index < -0.39 is 11.9 Å². The second-order valence-electron chi connectivity index (χ2n) is 6.78. The van der Waals surface area contributed by atoms with Crippen molar-refractivity contribution >= 4 is 23.0 Å². The van der Waals surface area contributed by atoms with E-state index in [0.717, 1.165) is 0 Å². The van der Waals surface area contributed by atoms with E-state index in [-0.39, 0.29) is 29.5 Å². The number of pyridine rings is 1. The van der Waals surface area contributed by atoms with Gasteiger partial charge >= 0.3 is 11.9 Å². The Kier molecular flexibility index (Phi) is 5.09. The van der Waals surface area contributed by atoms with Gasteiger partial charge in [-0.05, 0) is 38.1 Å². The van der Waals surface area contributed by atoms with Crippen LogP contribution in [0, 0.1) is 0 Å². The van der Waals surface area contributed by atoms with Gasteiger partial charge in [0.15, 0.2) is 23.8 Å². The molecule has 0 aliphatic rings. The summed E-state index contributed by atoms with van der Waals surface area (Å²) in [7, 11) is 1.27. The van der Waals surface area contributed by atoms with Gasteiger partial charge in [0.05, 0.1) is 36.8 Å². The van der Waals surface area contributed by atoms with E-state index in [1.165, 1.54) is 25.7 Å². The lowest BCUT2D eigenvalue weighted by Gasteiger charge is -2.10. The van der Waals surface area contributed by atoms with Crippen LogP contribution in [0.3, 0.4) is 0 Å². The molecule has 154 valence electrons. The number of methoxy groups -OCH3 is 1. The number of fused-ring (bicyclic) bond motifs is 1. The molecular formula is C21H19N3O6. The van der Waals surface area contributed by atoms with Crippen LogP contribution in [-0.2, 0) is 16.1 Å². The number of carbonyl (C=O) groups is 2. The fourth-order valence-corrected chi connectivity index (χ4v) is 3.07. The zero-order chi connectivity index (χ0) is 21.3. The van der Waals surface area contributed by atoms with E-state index in [1.54, 1.807) is 29.1 Å². The topological polar surface area (TPSA) is 110 Å². The van der Waals surface area contributed by atoms with Crippen LogP contribution in [0.15, 0.2) is 51.8 Å². The maximum Gasteiger partial charge on any atom is 0.341 e. The van der Waals surface area contributed by atoms with Crippen molar-refractivity contribution in [3.8, 4) is 11.5 Å². The first kappa shape index (κ1) is 19.4. The normalized spacial score (nSPS) is 11.2. The molecule has 0 saturated heterocycles. The fourth-order valence-electron chi connectivity index (χ4n) is 3.07. The molecule has 4 heterocycles. The molecule has 0 amide bonds. The van der Waals surface area contributed by atoms with Crippen LogP contribution in [0.5, 0.6) is 0 Å². The third-order valence-electron chi connectivity index (χ3n) is 4.53. The van der Waals surface area contributed by atoms with Crippen molar-refractivity contribution in [3.05, 3.63) is 59.9 Å². The Hall–Kier alpha value is -3.88. The van der Waals surface area contributed by atoms with Crippen LogP contribution in [0.2, 0.25) is 0 Å². The number of aromatic nitrogens is 3. The predicted octanol–water partition coefficient (Wildman–Crippen LogP) is 4.01. The highest BCUT2D eigenvalue weighted by Crippen LogP contribution is 2.27. The molecule has 0 aromatic carbocycles. The van der Waals surface area contributed by atoms with Gasteiger partial charge in [-0.15, -0.1) is 0 Å². The lowest BCUT2D eigenvalue weighted by Crippen LogP contribution is -2.10. The van der Waals surface area contributed by atoms with Crippen molar-refractivity contribution in [2.24, 2.45) is 0 Å². The zero-order valence-corrected chi connectivity index (χ0v) is 16.6. The van der Waals surface area contributed by atoms with E-state index in [9.17, 15) is 9.59 Å². The number of nitrogens with zero attached hydrogens (tertiary/aromatic N) is 3. The number of hydrogen-bond donors (Lipinski definition) is 0. The smallest absolute Gasteiger partial charge is 0.341 e. The number of rotatable bonds is 6. The van der Waals surface area contributed by atoms with Crippen molar-refractivity contribution in [1.29, 1.82) is 0 Å². The SMILES string of the molecule is COC(=O)c1ccoc1COC(=O)c1cc(-c2ccco2)nc2c1cnn2C(C)C. The molecule has 30 heavy (non-hydrogen) atoms. The Morgan fingerprint density at radius 3 is 2.67 bits per heavy atom. The number of hydrogen-bond acceptors (Lipinski definition) is 8. The molecule has 0 unspecified atom stereocenters. The van der Waals surface area contributed by atoms with Crippen molar-refractivity contribution in [3.63, 3.8) is 0 Å². The molecule has 0 aliphatic heterocycles. The minimum atomic E-state index is -0.606. The Balaban J connectivity index is 1.70. The summed E-state index contributed by atoms with van der Waals surface area (Å²) in [6.07, 6.45) is 4.45. The van der Waals surface area contributed by atoms with Crippen LogP contribution in [-0.4, -0.2) is 33.8 Å². The molecule has 0 fully saturated rings. The van der Waals surface area contributed by atoms with Gasteiger partial charge in [-0.1, -0.05) is 0 Å². The molecule has 9 heteroatoms. The predicted molar refractivity (Wildman–Crippen MR) is 105 cm³/mol. The summed E-state index contributed by atoms with van der Waals surface area (Å²) >= 11 is 0. The molecule has 0 spiro atoms. The number of esters is 2. The average molecular weight is 409 g/mol. The number of furan rings is 2. The molecule has 4 aromatic rings. The molecule has 4 aromatic heterocycles. The lowest BCUT2D eigenvalue weighted by atomic mass is 10.1. The van der Waals surface area contributed by atoms with Gasteiger partial charge in [0, 0.05) is 6.04 Å². The van der Waals surface area contributed by atoms with Crippen LogP contribution < -0.4 is 0 Å². The molecule has 0 bridgehead atoms. The lowest BCUT2D eigenvalue weighted by molar-refractivity contribution is 0.0434. The molecule has 9 nitrogen and oxygen atoms in total. The van der Waals surface area contributed by atoms with Crippen LogP contribution >= 0.6 is 0 Å². The molecule has 0 atom stereocenters. The third kappa shape index (κ3) is 3.45. The maximum atomic E-state index is 12.9. The van der Waals surface area contributed by atoms with Crippen molar-refractivity contribution in [2.45, 2.75) is 26.5 Å². The minimum Gasteiger partial charge on any atom is -0.465 e. The van der Waals surface area contributed by atoms with Crippen molar-refractivity contribution in [2.75, 3.05) is 7.11 Å². The monoisotopic (exact) mass is 409 g/mol. The molecule has 0 aliphatic carbocycles. The highest BCUT2D eigenvalue weighted by molar-refractivity contribution is 6.03. The van der Waals surface area contributed by atoms with Gasteiger partial charge in [-0.25, -0.2) is 19.3 Å². The van der Waals surface area contributed by atoms with E-state index in [0.29, 0.717) is 22.5 Å². The van der Waals surface area contributed by atoms with Crippen molar-refractivity contribution < 1.29 is 27.9 Å². The van der Waals surface area contributed by atoms with Gasteiger partial charge < -0.3 is 18.3 Å². The van der Waals surface area contributed by atoms with Crippen LogP contribution in [0.1, 0.15) is 46.4 Å². The Morgan fingerprint density at radius 1 is 1.13 bits per heavy atom. The molecule has 0 N–H and O–H groups in total. The summed E-state index contributed by atoms with van der Waals surface area (Å²) in [5, 5.41) is 4.91. The summed E-state index contributed by atoms with van der Waals surface area (Å²) < 4.78 is 22.5. The Labute approximate surface area is 171 Å². The number of ether oxygens (including phenoxy) is 2. The molecule has 0 radical (unpaired) electrons. The highest BCUT2D eigenvalue weighted by Gasteiger charge is 2.22.